The van der Waals surface area contributed by atoms with E-state index in [1.807, 2.05) is 0 Å². The Hall–Kier alpha value is -0.680. The largest absolute Gasteiger partial charge is 0.377 e. The van der Waals surface area contributed by atoms with Gasteiger partial charge in [-0.15, -0.1) is 0 Å². The topological polar surface area (TPSA) is 47.0 Å². The number of nitrogens with one attached hydrogen (secondary N) is 1. The average molecular weight is 227 g/mol. The molecule has 5 heteroatoms. The first-order chi connectivity index (χ1) is 7.28. The van der Waals surface area contributed by atoms with Crippen LogP contribution in [0.1, 0.15) is 32.0 Å². The maximum Gasteiger partial charge on any atom is 0.202 e. The van der Waals surface area contributed by atoms with Crippen molar-refractivity contribution in [1.29, 1.82) is 0 Å². The Kier molecular flexibility index (Phi) is 3.53. The molecular formula is C10H17N3OS. The predicted molar refractivity (Wildman–Crippen MR) is 61.0 cm³/mol. The minimum absolute atomic E-state index is 0.499. The highest BCUT2D eigenvalue weighted by Crippen LogP contribution is 2.27. The van der Waals surface area contributed by atoms with E-state index < -0.39 is 0 Å². The summed E-state index contributed by atoms with van der Waals surface area (Å²) in [5.41, 5.74) is 0. The molecule has 2 rings (SSSR count). The summed E-state index contributed by atoms with van der Waals surface area (Å²) < 4.78 is 9.19. The van der Waals surface area contributed by atoms with Crippen LogP contribution < -0.4 is 5.32 Å². The lowest BCUT2D eigenvalue weighted by Gasteiger charge is -2.09. The first kappa shape index (κ1) is 10.8. The molecule has 1 aliphatic rings. The molecule has 0 aromatic carbocycles. The zero-order valence-electron chi connectivity index (χ0n) is 9.19. The molecule has 2 unspecified atom stereocenters. The molecule has 2 atom stereocenters. The molecule has 1 N–H and O–H groups in total. The van der Waals surface area contributed by atoms with Gasteiger partial charge in [0.05, 0.1) is 0 Å². The molecule has 1 aromatic rings. The third kappa shape index (κ3) is 2.89. The summed E-state index contributed by atoms with van der Waals surface area (Å²) in [6.45, 7) is 2.80. The molecule has 0 bridgehead atoms. The van der Waals surface area contributed by atoms with Crippen molar-refractivity contribution in [3.05, 3.63) is 5.82 Å². The quantitative estimate of drug-likeness (QED) is 0.857. The Balaban J connectivity index is 1.87. The highest BCUT2D eigenvalue weighted by molar-refractivity contribution is 7.09. The Morgan fingerprint density at radius 3 is 3.07 bits per heavy atom. The molecule has 1 saturated carbocycles. The molecule has 0 saturated heterocycles. The van der Waals surface area contributed by atoms with E-state index in [1.165, 1.54) is 30.8 Å². The van der Waals surface area contributed by atoms with E-state index in [0.717, 1.165) is 16.9 Å². The van der Waals surface area contributed by atoms with Gasteiger partial charge in [0.15, 0.2) is 5.82 Å². The smallest absolute Gasteiger partial charge is 0.202 e. The summed E-state index contributed by atoms with van der Waals surface area (Å²) in [5.74, 6) is 1.62. The van der Waals surface area contributed by atoms with Crippen LogP contribution in [-0.2, 0) is 11.3 Å². The lowest BCUT2D eigenvalue weighted by atomic mass is 10.1. The minimum Gasteiger partial charge on any atom is -0.377 e. The number of nitrogens with zero attached hydrogens (tertiary/aromatic N) is 2. The number of hydrogen-bond donors (Lipinski definition) is 1. The van der Waals surface area contributed by atoms with Gasteiger partial charge in [0.2, 0.25) is 5.13 Å². The van der Waals surface area contributed by atoms with Crippen molar-refractivity contribution < 1.29 is 4.74 Å². The van der Waals surface area contributed by atoms with Crippen LogP contribution in [0, 0.1) is 5.92 Å². The van der Waals surface area contributed by atoms with Gasteiger partial charge in [-0.3, -0.25) is 0 Å². The third-order valence-corrected chi connectivity index (χ3v) is 3.45. The number of rotatable bonds is 4. The van der Waals surface area contributed by atoms with Crippen LogP contribution in [0.15, 0.2) is 0 Å². The highest BCUT2D eigenvalue weighted by atomic mass is 32.1. The van der Waals surface area contributed by atoms with Crippen molar-refractivity contribution in [3.63, 3.8) is 0 Å². The number of ether oxygens (including phenoxy) is 1. The predicted octanol–water partition coefficient (Wildman–Crippen LogP) is 2.29. The monoisotopic (exact) mass is 227 g/mol. The molecule has 1 fully saturated rings. The summed E-state index contributed by atoms with van der Waals surface area (Å²) >= 11 is 1.43. The molecule has 0 radical (unpaired) electrons. The zero-order valence-corrected chi connectivity index (χ0v) is 10.0. The summed E-state index contributed by atoms with van der Waals surface area (Å²) in [4.78, 5) is 4.36. The summed E-state index contributed by atoms with van der Waals surface area (Å²) in [6.07, 6.45) is 3.82. The molecule has 15 heavy (non-hydrogen) atoms. The number of aromatic nitrogens is 2. The third-order valence-electron chi connectivity index (χ3n) is 2.76. The SMILES string of the molecule is COCc1nsc(NC2CCC(C)C2)n1. The Morgan fingerprint density at radius 2 is 2.40 bits per heavy atom. The fourth-order valence-electron chi connectivity index (χ4n) is 2.01. The van der Waals surface area contributed by atoms with Crippen LogP contribution in [0.4, 0.5) is 5.13 Å². The van der Waals surface area contributed by atoms with Gasteiger partial charge in [0, 0.05) is 24.7 Å². The molecule has 0 amide bonds. The highest BCUT2D eigenvalue weighted by Gasteiger charge is 2.21. The molecular weight excluding hydrogens is 210 g/mol. The van der Waals surface area contributed by atoms with E-state index in [0.29, 0.717) is 12.6 Å². The zero-order chi connectivity index (χ0) is 10.7. The summed E-state index contributed by atoms with van der Waals surface area (Å²) in [5, 5.41) is 4.37. The van der Waals surface area contributed by atoms with Crippen LogP contribution in [0.2, 0.25) is 0 Å². The summed E-state index contributed by atoms with van der Waals surface area (Å²) in [7, 11) is 1.66. The molecule has 1 aromatic heterocycles. The van der Waals surface area contributed by atoms with Crippen molar-refractivity contribution in [2.45, 2.75) is 38.8 Å². The molecule has 84 valence electrons. The van der Waals surface area contributed by atoms with E-state index in [-0.39, 0.29) is 0 Å². The fraction of sp³-hybridized carbons (Fsp3) is 0.800. The van der Waals surface area contributed by atoms with Crippen LogP contribution in [-0.4, -0.2) is 22.5 Å². The number of hydrogen-bond acceptors (Lipinski definition) is 5. The first-order valence-corrected chi connectivity index (χ1v) is 6.13. The van der Waals surface area contributed by atoms with Crippen molar-refractivity contribution in [3.8, 4) is 0 Å². The van der Waals surface area contributed by atoms with E-state index in [4.69, 9.17) is 4.74 Å². The first-order valence-electron chi connectivity index (χ1n) is 5.36. The molecule has 0 aliphatic heterocycles. The lowest BCUT2D eigenvalue weighted by molar-refractivity contribution is 0.179. The fourth-order valence-corrected chi connectivity index (χ4v) is 2.66. The van der Waals surface area contributed by atoms with E-state index in [9.17, 15) is 0 Å². The van der Waals surface area contributed by atoms with Crippen molar-refractivity contribution in [2.75, 3.05) is 12.4 Å². The Bertz CT molecular complexity index is 315. The second kappa shape index (κ2) is 4.90. The van der Waals surface area contributed by atoms with E-state index in [1.54, 1.807) is 7.11 Å². The van der Waals surface area contributed by atoms with Gasteiger partial charge in [0.1, 0.15) is 6.61 Å². The van der Waals surface area contributed by atoms with Gasteiger partial charge in [-0.2, -0.15) is 4.37 Å². The van der Waals surface area contributed by atoms with Crippen molar-refractivity contribution >= 4 is 16.7 Å². The molecule has 1 heterocycles. The van der Waals surface area contributed by atoms with Gasteiger partial charge in [-0.25, -0.2) is 4.98 Å². The molecule has 4 nitrogen and oxygen atoms in total. The normalized spacial score (nSPS) is 25.7. The second-order valence-corrected chi connectivity index (χ2v) is 4.96. The van der Waals surface area contributed by atoms with Crippen LogP contribution >= 0.6 is 11.5 Å². The van der Waals surface area contributed by atoms with Gasteiger partial charge in [-0.1, -0.05) is 6.92 Å². The molecule has 1 aliphatic carbocycles. The van der Waals surface area contributed by atoms with Gasteiger partial charge in [0.25, 0.3) is 0 Å². The maximum absolute atomic E-state index is 4.98. The van der Waals surface area contributed by atoms with Crippen LogP contribution in [0.25, 0.3) is 0 Å². The Labute approximate surface area is 94.2 Å². The number of methoxy groups -OCH3 is 1. The van der Waals surface area contributed by atoms with E-state index >= 15 is 0 Å². The standard InChI is InChI=1S/C10H17N3OS/c1-7-3-4-8(5-7)11-10-12-9(6-14-2)13-15-10/h7-8H,3-6H2,1-2H3,(H,11,12,13). The van der Waals surface area contributed by atoms with Gasteiger partial charge in [-0.05, 0) is 25.2 Å². The average Bonchev–Trinajstić information content (AvgIpc) is 2.78. The Morgan fingerprint density at radius 1 is 1.53 bits per heavy atom. The van der Waals surface area contributed by atoms with Crippen molar-refractivity contribution in [1.82, 2.24) is 9.36 Å². The minimum atomic E-state index is 0.499. The lowest BCUT2D eigenvalue weighted by Crippen LogP contribution is -2.15. The second-order valence-electron chi connectivity index (χ2n) is 4.21. The van der Waals surface area contributed by atoms with E-state index in [2.05, 4.69) is 21.6 Å². The van der Waals surface area contributed by atoms with Crippen LogP contribution in [0.3, 0.4) is 0 Å². The maximum atomic E-state index is 4.98. The summed E-state index contributed by atoms with van der Waals surface area (Å²) in [6, 6.07) is 0.586. The van der Waals surface area contributed by atoms with Gasteiger partial charge < -0.3 is 10.1 Å². The van der Waals surface area contributed by atoms with Gasteiger partial charge >= 0.3 is 0 Å². The van der Waals surface area contributed by atoms with Crippen molar-refractivity contribution in [2.24, 2.45) is 5.92 Å². The molecule has 0 spiro atoms. The van der Waals surface area contributed by atoms with Crippen LogP contribution in [0.5, 0.6) is 0 Å². The number of anilines is 1.